The van der Waals surface area contributed by atoms with Crippen LogP contribution in [-0.4, -0.2) is 5.78 Å². The molecule has 1 aliphatic heterocycles. The molecule has 4 nitrogen and oxygen atoms in total. The first-order valence-electron chi connectivity index (χ1n) is 9.27. The van der Waals surface area contributed by atoms with Crippen molar-refractivity contribution < 1.29 is 9.21 Å². The largest absolute Gasteiger partial charge is 0.469 e. The summed E-state index contributed by atoms with van der Waals surface area (Å²) in [6.07, 6.45) is 2.90. The molecule has 0 saturated carbocycles. The number of benzene rings is 2. The number of furan rings is 1. The summed E-state index contributed by atoms with van der Waals surface area (Å²) in [7, 11) is 0. The molecule has 4 heteroatoms. The Hall–Kier alpha value is -3.27. The maximum Gasteiger partial charge on any atom is 0.163 e. The topological polar surface area (TPSA) is 54.3 Å². The highest BCUT2D eigenvalue weighted by molar-refractivity contribution is 6.01. The number of hydrogen-bond donors (Lipinski definition) is 2. The van der Waals surface area contributed by atoms with Crippen molar-refractivity contribution in [2.24, 2.45) is 0 Å². The fourth-order valence-electron chi connectivity index (χ4n) is 4.11. The molecule has 2 heterocycles. The summed E-state index contributed by atoms with van der Waals surface area (Å²) >= 11 is 0. The third-order valence-electron chi connectivity index (χ3n) is 5.39. The molecule has 0 amide bonds. The van der Waals surface area contributed by atoms with Crippen molar-refractivity contribution in [2.75, 3.05) is 10.6 Å². The molecule has 0 fully saturated rings. The number of anilines is 2. The zero-order chi connectivity index (χ0) is 18.2. The Morgan fingerprint density at radius 1 is 0.852 bits per heavy atom. The second-order valence-electron chi connectivity index (χ2n) is 7.09. The van der Waals surface area contributed by atoms with Gasteiger partial charge in [-0.2, -0.15) is 0 Å². The lowest BCUT2D eigenvalue weighted by Gasteiger charge is -2.28. The number of carbonyl (C=O) groups excluding carboxylic acids is 1. The van der Waals surface area contributed by atoms with Gasteiger partial charge in [-0.15, -0.1) is 0 Å². The highest BCUT2D eigenvalue weighted by Gasteiger charge is 2.36. The lowest BCUT2D eigenvalue weighted by Crippen LogP contribution is -2.26. The van der Waals surface area contributed by atoms with Crippen LogP contribution >= 0.6 is 0 Å². The third kappa shape index (κ3) is 2.83. The van der Waals surface area contributed by atoms with Crippen LogP contribution in [0.25, 0.3) is 0 Å². The van der Waals surface area contributed by atoms with E-state index in [1.54, 1.807) is 6.26 Å². The molecule has 134 valence electrons. The highest BCUT2D eigenvalue weighted by atomic mass is 16.3. The molecule has 1 aliphatic carbocycles. The maximum absolute atomic E-state index is 13.2. The number of nitrogens with one attached hydrogen (secondary N) is 2. The first-order chi connectivity index (χ1) is 13.3. The van der Waals surface area contributed by atoms with Crippen LogP contribution in [0.5, 0.6) is 0 Å². The van der Waals surface area contributed by atoms with Crippen LogP contribution in [0.2, 0.25) is 0 Å². The molecule has 27 heavy (non-hydrogen) atoms. The van der Waals surface area contributed by atoms with Crippen LogP contribution < -0.4 is 10.6 Å². The van der Waals surface area contributed by atoms with Crippen molar-refractivity contribution in [3.05, 3.63) is 95.6 Å². The van der Waals surface area contributed by atoms with Crippen LogP contribution in [-0.2, 0) is 4.79 Å². The van der Waals surface area contributed by atoms with Crippen molar-refractivity contribution >= 4 is 17.2 Å². The molecule has 2 aromatic carbocycles. The molecule has 0 spiro atoms. The Kier molecular flexibility index (Phi) is 3.82. The normalized spacial score (nSPS) is 21.6. The summed E-state index contributed by atoms with van der Waals surface area (Å²) < 4.78 is 5.60. The van der Waals surface area contributed by atoms with Gasteiger partial charge >= 0.3 is 0 Å². The second kappa shape index (κ2) is 6.47. The highest BCUT2D eigenvalue weighted by Crippen LogP contribution is 2.44. The monoisotopic (exact) mass is 356 g/mol. The standard InChI is InChI=1S/C23H20N2O2/c26-20-14-16(21-11-6-12-27-21)13-19-22(20)23(15-7-2-1-3-8-15)25-18-10-5-4-9-17(18)24-19/h1-12,16,23-25H,13-14H2/t16-,23+/m1/s1. The van der Waals surface area contributed by atoms with E-state index in [0.29, 0.717) is 6.42 Å². The minimum atomic E-state index is -0.164. The average Bonchev–Trinajstić information content (AvgIpc) is 3.17. The Bertz CT molecular complexity index is 1010. The fourth-order valence-corrected chi connectivity index (χ4v) is 4.11. The van der Waals surface area contributed by atoms with E-state index in [1.165, 1.54) is 0 Å². The number of carbonyl (C=O) groups is 1. The van der Waals surface area contributed by atoms with Gasteiger partial charge in [-0.3, -0.25) is 4.79 Å². The zero-order valence-electron chi connectivity index (χ0n) is 14.8. The molecule has 2 atom stereocenters. The lowest BCUT2D eigenvalue weighted by molar-refractivity contribution is -0.116. The first-order valence-corrected chi connectivity index (χ1v) is 9.27. The smallest absolute Gasteiger partial charge is 0.163 e. The molecule has 0 saturated heterocycles. The van der Waals surface area contributed by atoms with Crippen LogP contribution in [0.4, 0.5) is 11.4 Å². The van der Waals surface area contributed by atoms with E-state index in [9.17, 15) is 4.79 Å². The first kappa shape index (κ1) is 15.9. The Morgan fingerprint density at radius 2 is 1.63 bits per heavy atom. The van der Waals surface area contributed by atoms with Crippen LogP contribution in [0.3, 0.4) is 0 Å². The zero-order valence-corrected chi connectivity index (χ0v) is 14.8. The van der Waals surface area contributed by atoms with E-state index >= 15 is 0 Å². The van der Waals surface area contributed by atoms with Crippen molar-refractivity contribution in [2.45, 2.75) is 24.8 Å². The van der Waals surface area contributed by atoms with Gasteiger partial charge in [-0.1, -0.05) is 42.5 Å². The molecular formula is C23H20N2O2. The van der Waals surface area contributed by atoms with Crippen LogP contribution in [0.1, 0.15) is 36.1 Å². The van der Waals surface area contributed by atoms with Crippen LogP contribution in [0.15, 0.2) is 88.7 Å². The number of Topliss-reactive ketones (excluding diaryl/α,β-unsaturated/α-hetero) is 1. The van der Waals surface area contributed by atoms with Crippen molar-refractivity contribution in [3.63, 3.8) is 0 Å². The van der Waals surface area contributed by atoms with Gasteiger partial charge in [0.25, 0.3) is 0 Å². The van der Waals surface area contributed by atoms with E-state index in [1.807, 2.05) is 54.6 Å². The summed E-state index contributed by atoms with van der Waals surface area (Å²) in [6, 6.07) is 21.9. The number of allylic oxidation sites excluding steroid dienone is 1. The fraction of sp³-hybridized carbons (Fsp3) is 0.174. The van der Waals surface area contributed by atoms with E-state index in [0.717, 1.165) is 40.4 Å². The molecule has 0 bridgehead atoms. The quantitative estimate of drug-likeness (QED) is 0.658. The second-order valence-corrected chi connectivity index (χ2v) is 7.09. The molecule has 0 radical (unpaired) electrons. The summed E-state index contributed by atoms with van der Waals surface area (Å²) in [5.74, 6) is 1.11. The van der Waals surface area contributed by atoms with Crippen LogP contribution in [0, 0.1) is 0 Å². The number of fused-ring (bicyclic) bond motifs is 1. The summed E-state index contributed by atoms with van der Waals surface area (Å²) in [6.45, 7) is 0. The van der Waals surface area contributed by atoms with Gasteiger partial charge in [0.15, 0.2) is 5.78 Å². The van der Waals surface area contributed by atoms with Gasteiger partial charge in [0.1, 0.15) is 5.76 Å². The predicted octanol–water partition coefficient (Wildman–Crippen LogP) is 5.26. The predicted molar refractivity (Wildman–Crippen MR) is 106 cm³/mol. The Morgan fingerprint density at radius 3 is 2.41 bits per heavy atom. The average molecular weight is 356 g/mol. The van der Waals surface area contributed by atoms with Gasteiger partial charge < -0.3 is 15.1 Å². The van der Waals surface area contributed by atoms with Crippen molar-refractivity contribution in [1.82, 2.24) is 0 Å². The summed E-state index contributed by atoms with van der Waals surface area (Å²) in [5.41, 5.74) is 4.91. The molecule has 0 unspecified atom stereocenters. The van der Waals surface area contributed by atoms with E-state index in [2.05, 4.69) is 22.8 Å². The SMILES string of the molecule is O=C1C[C@H](c2ccco2)CC2=C1[C@H](c1ccccc1)Nc1ccccc1N2. The van der Waals surface area contributed by atoms with Gasteiger partial charge in [0.05, 0.1) is 23.7 Å². The molecule has 2 aliphatic rings. The number of rotatable bonds is 2. The lowest BCUT2D eigenvalue weighted by atomic mass is 9.80. The molecular weight excluding hydrogens is 336 g/mol. The van der Waals surface area contributed by atoms with E-state index in [-0.39, 0.29) is 17.7 Å². The van der Waals surface area contributed by atoms with E-state index < -0.39 is 0 Å². The Labute approximate surface area is 157 Å². The number of para-hydroxylation sites is 2. The maximum atomic E-state index is 13.2. The molecule has 5 rings (SSSR count). The van der Waals surface area contributed by atoms with Gasteiger partial charge in [0, 0.05) is 23.6 Å². The van der Waals surface area contributed by atoms with Crippen molar-refractivity contribution in [1.29, 1.82) is 0 Å². The van der Waals surface area contributed by atoms with Gasteiger partial charge in [-0.25, -0.2) is 0 Å². The minimum absolute atomic E-state index is 0.0698. The number of ketones is 1. The minimum Gasteiger partial charge on any atom is -0.469 e. The van der Waals surface area contributed by atoms with E-state index in [4.69, 9.17) is 4.42 Å². The molecule has 1 aromatic heterocycles. The van der Waals surface area contributed by atoms with Gasteiger partial charge in [0.2, 0.25) is 0 Å². The molecule has 2 N–H and O–H groups in total. The summed E-state index contributed by atoms with van der Waals surface area (Å²) in [4.78, 5) is 13.2. The van der Waals surface area contributed by atoms with Crippen molar-refractivity contribution in [3.8, 4) is 0 Å². The summed E-state index contributed by atoms with van der Waals surface area (Å²) in [5, 5.41) is 7.13. The molecule has 3 aromatic rings. The Balaban J connectivity index is 1.63. The van der Waals surface area contributed by atoms with Gasteiger partial charge in [-0.05, 0) is 36.2 Å². The number of hydrogen-bond acceptors (Lipinski definition) is 4. The third-order valence-corrected chi connectivity index (χ3v) is 5.39.